The number of para-hydroxylation sites is 1. The number of amides is 1. The fourth-order valence-corrected chi connectivity index (χ4v) is 4.23. The minimum atomic E-state index is -0.307. The van der Waals surface area contributed by atoms with Crippen LogP contribution in [0.5, 0.6) is 0 Å². The van der Waals surface area contributed by atoms with E-state index in [4.69, 9.17) is 0 Å². The number of rotatable bonds is 5. The molecule has 138 valence electrons. The molecule has 2 N–H and O–H groups in total. The van der Waals surface area contributed by atoms with Crippen LogP contribution in [0.4, 0.5) is 5.69 Å². The number of aryl methyl sites for hydroxylation is 3. The molecule has 1 amide bonds. The van der Waals surface area contributed by atoms with Crippen molar-refractivity contribution < 1.29 is 4.79 Å². The van der Waals surface area contributed by atoms with Gasteiger partial charge in [-0.05, 0) is 57.1 Å². The van der Waals surface area contributed by atoms with Gasteiger partial charge in [-0.25, -0.2) is 4.98 Å². The standard InChI is InChI=1S/C20H25N3O2S/c1-4-16(19(25)22-17-12(2)8-7-9-13(17)3)26-20-21-15-11-6-5-10-14(15)18(24)23-20/h7-9,16H,4-6,10-11H2,1-3H3,(H,22,25)(H,21,23,24). The molecule has 1 atom stereocenters. The van der Waals surface area contributed by atoms with Gasteiger partial charge in [-0.15, -0.1) is 0 Å². The molecule has 1 aliphatic rings. The Morgan fingerprint density at radius 1 is 1.27 bits per heavy atom. The van der Waals surface area contributed by atoms with Crippen LogP contribution in [0.1, 0.15) is 48.6 Å². The fourth-order valence-electron chi connectivity index (χ4n) is 3.31. The third-order valence-electron chi connectivity index (χ3n) is 4.82. The molecule has 6 heteroatoms. The fraction of sp³-hybridized carbons (Fsp3) is 0.450. The summed E-state index contributed by atoms with van der Waals surface area (Å²) in [5.41, 5.74) is 4.60. The molecule has 0 aliphatic heterocycles. The lowest BCUT2D eigenvalue weighted by molar-refractivity contribution is -0.115. The molecule has 1 unspecified atom stereocenters. The summed E-state index contributed by atoms with van der Waals surface area (Å²) in [5.74, 6) is -0.0599. The Balaban J connectivity index is 1.78. The van der Waals surface area contributed by atoms with Gasteiger partial charge in [-0.3, -0.25) is 9.59 Å². The molecule has 0 spiro atoms. The summed E-state index contributed by atoms with van der Waals surface area (Å²) >= 11 is 1.34. The van der Waals surface area contributed by atoms with Crippen LogP contribution in [0.25, 0.3) is 0 Å². The molecular formula is C20H25N3O2S. The number of carbonyl (C=O) groups excluding carboxylic acids is 1. The highest BCUT2D eigenvalue weighted by Crippen LogP contribution is 2.26. The van der Waals surface area contributed by atoms with Crippen molar-refractivity contribution in [1.29, 1.82) is 0 Å². The van der Waals surface area contributed by atoms with Crippen LogP contribution in [-0.2, 0) is 17.6 Å². The van der Waals surface area contributed by atoms with E-state index in [2.05, 4.69) is 15.3 Å². The molecule has 1 heterocycles. The Hall–Kier alpha value is -2.08. The normalized spacial score (nSPS) is 14.6. The van der Waals surface area contributed by atoms with Gasteiger partial charge in [0.2, 0.25) is 5.91 Å². The van der Waals surface area contributed by atoms with Crippen molar-refractivity contribution in [2.24, 2.45) is 0 Å². The predicted octanol–water partition coefficient (Wildman–Crippen LogP) is 3.77. The van der Waals surface area contributed by atoms with E-state index in [1.165, 1.54) is 11.8 Å². The van der Waals surface area contributed by atoms with Crippen molar-refractivity contribution in [1.82, 2.24) is 9.97 Å². The zero-order chi connectivity index (χ0) is 18.7. The number of fused-ring (bicyclic) bond motifs is 1. The number of thioether (sulfide) groups is 1. The highest BCUT2D eigenvalue weighted by atomic mass is 32.2. The van der Waals surface area contributed by atoms with Crippen LogP contribution in [-0.4, -0.2) is 21.1 Å². The zero-order valence-corrected chi connectivity index (χ0v) is 16.3. The van der Waals surface area contributed by atoms with Crippen LogP contribution in [0, 0.1) is 13.8 Å². The molecule has 0 saturated carbocycles. The van der Waals surface area contributed by atoms with E-state index in [1.807, 2.05) is 39.0 Å². The number of aromatic amines is 1. The van der Waals surface area contributed by atoms with Crippen LogP contribution in [0.3, 0.4) is 0 Å². The Morgan fingerprint density at radius 3 is 2.65 bits per heavy atom. The van der Waals surface area contributed by atoms with Gasteiger partial charge in [0.15, 0.2) is 5.16 Å². The number of carbonyl (C=O) groups is 1. The minimum absolute atomic E-state index is 0.0535. The molecule has 5 nitrogen and oxygen atoms in total. The summed E-state index contributed by atoms with van der Waals surface area (Å²) < 4.78 is 0. The van der Waals surface area contributed by atoms with E-state index < -0.39 is 0 Å². The Labute approximate surface area is 158 Å². The monoisotopic (exact) mass is 371 g/mol. The van der Waals surface area contributed by atoms with Crippen LogP contribution < -0.4 is 10.9 Å². The summed E-state index contributed by atoms with van der Waals surface area (Å²) in [4.78, 5) is 32.5. The average Bonchev–Trinajstić information content (AvgIpc) is 2.63. The third-order valence-corrected chi connectivity index (χ3v) is 6.06. The zero-order valence-electron chi connectivity index (χ0n) is 15.5. The second-order valence-electron chi connectivity index (χ2n) is 6.77. The molecule has 1 aromatic carbocycles. The first-order valence-electron chi connectivity index (χ1n) is 9.15. The maximum absolute atomic E-state index is 12.8. The van der Waals surface area contributed by atoms with Gasteiger partial charge in [0.05, 0.1) is 10.9 Å². The van der Waals surface area contributed by atoms with E-state index >= 15 is 0 Å². The first-order valence-corrected chi connectivity index (χ1v) is 10.0. The quantitative estimate of drug-likeness (QED) is 0.620. The van der Waals surface area contributed by atoms with Gasteiger partial charge in [0, 0.05) is 11.3 Å². The minimum Gasteiger partial charge on any atom is -0.325 e. The number of aromatic nitrogens is 2. The number of benzene rings is 1. The number of nitrogens with zero attached hydrogens (tertiary/aromatic N) is 1. The summed E-state index contributed by atoms with van der Waals surface area (Å²) in [6.45, 7) is 5.94. The molecule has 3 rings (SSSR count). The van der Waals surface area contributed by atoms with Crippen LogP contribution in [0.15, 0.2) is 28.2 Å². The molecule has 26 heavy (non-hydrogen) atoms. The molecular weight excluding hydrogens is 346 g/mol. The van der Waals surface area contributed by atoms with Gasteiger partial charge in [0.1, 0.15) is 0 Å². The predicted molar refractivity (Wildman–Crippen MR) is 106 cm³/mol. The SMILES string of the molecule is CCC(Sc1nc2c(c(=O)[nH]1)CCCC2)C(=O)Nc1c(C)cccc1C. The van der Waals surface area contributed by atoms with Crippen molar-refractivity contribution in [2.45, 2.75) is 63.3 Å². The lowest BCUT2D eigenvalue weighted by Crippen LogP contribution is -2.27. The molecule has 0 saturated heterocycles. The van der Waals surface area contributed by atoms with E-state index in [0.29, 0.717) is 11.6 Å². The number of anilines is 1. The van der Waals surface area contributed by atoms with E-state index in [9.17, 15) is 9.59 Å². The highest BCUT2D eigenvalue weighted by Gasteiger charge is 2.22. The molecule has 0 bridgehead atoms. The Bertz CT molecular complexity index is 856. The summed E-state index contributed by atoms with van der Waals surface area (Å²) in [6.07, 6.45) is 4.41. The largest absolute Gasteiger partial charge is 0.325 e. The Morgan fingerprint density at radius 2 is 1.96 bits per heavy atom. The van der Waals surface area contributed by atoms with Crippen LogP contribution >= 0.6 is 11.8 Å². The summed E-state index contributed by atoms with van der Waals surface area (Å²) in [5, 5.41) is 3.28. The van der Waals surface area contributed by atoms with E-state index in [0.717, 1.165) is 53.8 Å². The van der Waals surface area contributed by atoms with Gasteiger partial charge >= 0.3 is 0 Å². The average molecular weight is 372 g/mol. The van der Waals surface area contributed by atoms with Gasteiger partial charge in [-0.1, -0.05) is 36.9 Å². The lowest BCUT2D eigenvalue weighted by Gasteiger charge is -2.18. The number of H-pyrrole nitrogens is 1. The molecule has 2 aromatic rings. The lowest BCUT2D eigenvalue weighted by atomic mass is 9.97. The molecule has 0 radical (unpaired) electrons. The topological polar surface area (TPSA) is 74.8 Å². The molecule has 1 aliphatic carbocycles. The smallest absolute Gasteiger partial charge is 0.254 e. The maximum Gasteiger partial charge on any atom is 0.254 e. The highest BCUT2D eigenvalue weighted by molar-refractivity contribution is 8.00. The van der Waals surface area contributed by atoms with Crippen molar-refractivity contribution in [3.63, 3.8) is 0 Å². The van der Waals surface area contributed by atoms with E-state index in [1.54, 1.807) is 0 Å². The number of nitrogens with one attached hydrogen (secondary N) is 2. The van der Waals surface area contributed by atoms with Crippen molar-refractivity contribution >= 4 is 23.4 Å². The first-order chi connectivity index (χ1) is 12.5. The molecule has 0 fully saturated rings. The number of hydrogen-bond donors (Lipinski definition) is 2. The molecule has 1 aromatic heterocycles. The second kappa shape index (κ2) is 8.08. The first kappa shape index (κ1) is 18.7. The van der Waals surface area contributed by atoms with Crippen LogP contribution in [0.2, 0.25) is 0 Å². The van der Waals surface area contributed by atoms with Crippen molar-refractivity contribution in [3.8, 4) is 0 Å². The van der Waals surface area contributed by atoms with Crippen molar-refractivity contribution in [2.75, 3.05) is 5.32 Å². The van der Waals surface area contributed by atoms with Gasteiger partial charge in [0.25, 0.3) is 5.56 Å². The second-order valence-corrected chi connectivity index (χ2v) is 7.97. The van der Waals surface area contributed by atoms with Gasteiger partial charge in [-0.2, -0.15) is 0 Å². The Kier molecular flexibility index (Phi) is 5.81. The van der Waals surface area contributed by atoms with Gasteiger partial charge < -0.3 is 10.3 Å². The van der Waals surface area contributed by atoms with E-state index in [-0.39, 0.29) is 16.7 Å². The summed E-state index contributed by atoms with van der Waals surface area (Å²) in [7, 11) is 0. The van der Waals surface area contributed by atoms with Crippen molar-refractivity contribution in [3.05, 3.63) is 50.9 Å². The number of hydrogen-bond acceptors (Lipinski definition) is 4. The maximum atomic E-state index is 12.8. The third kappa shape index (κ3) is 4.01. The summed E-state index contributed by atoms with van der Waals surface area (Å²) in [6, 6.07) is 5.95.